The fourth-order valence-corrected chi connectivity index (χ4v) is 3.88. The number of aromatic nitrogens is 4. The number of hydrogen-bond acceptors (Lipinski definition) is 6. The third kappa shape index (κ3) is 4.62. The van der Waals surface area contributed by atoms with Gasteiger partial charge in [-0.1, -0.05) is 11.6 Å². The molecule has 2 aliphatic rings. The summed E-state index contributed by atoms with van der Waals surface area (Å²) in [5, 5.41) is 8.21. The molecule has 2 aromatic heterocycles. The van der Waals surface area contributed by atoms with Gasteiger partial charge in [0.1, 0.15) is 5.02 Å². The van der Waals surface area contributed by atoms with Gasteiger partial charge in [-0.15, -0.1) is 0 Å². The molecule has 0 aromatic carbocycles. The van der Waals surface area contributed by atoms with Crippen molar-refractivity contribution >= 4 is 23.2 Å². The normalized spacial score (nSPS) is 22.7. The van der Waals surface area contributed by atoms with E-state index in [2.05, 4.69) is 37.2 Å². The van der Waals surface area contributed by atoms with Gasteiger partial charge in [0, 0.05) is 19.0 Å². The van der Waals surface area contributed by atoms with E-state index in [1.807, 2.05) is 17.8 Å². The van der Waals surface area contributed by atoms with Crippen LogP contribution in [-0.2, 0) is 0 Å². The van der Waals surface area contributed by atoms with Crippen LogP contribution >= 0.6 is 11.6 Å². The van der Waals surface area contributed by atoms with Gasteiger partial charge in [0.2, 0.25) is 17.9 Å². The summed E-state index contributed by atoms with van der Waals surface area (Å²) in [5.74, 6) is 1.37. The second-order valence-corrected chi connectivity index (χ2v) is 8.45. The highest BCUT2D eigenvalue weighted by Gasteiger charge is 2.36. The fourth-order valence-electron chi connectivity index (χ4n) is 3.73. The Morgan fingerprint density at radius 3 is 2.83 bits per heavy atom. The third-order valence-electron chi connectivity index (χ3n) is 5.81. The predicted molar refractivity (Wildman–Crippen MR) is 112 cm³/mol. The standard InChI is InChI=1S/C20H26ClN7O/c1-13-18(11-28(26-13)16-8-15(9-16)22-2)24-20-23-10-17(21)19(25-20)29-12-14-4-6-27(3)7-5-14/h10-11,14-16H,4-9,12H2,1,3H3,(H,23,24,25). The van der Waals surface area contributed by atoms with Gasteiger partial charge in [0.15, 0.2) is 0 Å². The second-order valence-electron chi connectivity index (χ2n) is 8.05. The molecule has 0 atom stereocenters. The van der Waals surface area contributed by atoms with Crippen LogP contribution in [0.3, 0.4) is 0 Å². The Hall–Kier alpha value is -2.37. The van der Waals surface area contributed by atoms with Gasteiger partial charge < -0.3 is 19.8 Å². The van der Waals surface area contributed by atoms with Crippen LogP contribution in [0.4, 0.5) is 11.6 Å². The van der Waals surface area contributed by atoms with E-state index in [0.717, 1.165) is 50.2 Å². The van der Waals surface area contributed by atoms with Gasteiger partial charge in [-0.05, 0) is 45.8 Å². The van der Waals surface area contributed by atoms with Crippen molar-refractivity contribution in [3.63, 3.8) is 0 Å². The molecule has 0 unspecified atom stereocenters. The van der Waals surface area contributed by atoms with Crippen molar-refractivity contribution < 1.29 is 4.74 Å². The van der Waals surface area contributed by atoms with E-state index < -0.39 is 0 Å². The number of rotatable bonds is 6. The molecule has 0 spiro atoms. The Bertz CT molecular complexity index is 895. The maximum atomic E-state index is 7.10. The molecule has 1 saturated heterocycles. The Balaban J connectivity index is 1.39. The molecule has 1 aliphatic heterocycles. The van der Waals surface area contributed by atoms with Crippen LogP contribution in [0.25, 0.3) is 4.85 Å². The first-order chi connectivity index (χ1) is 14.0. The summed E-state index contributed by atoms with van der Waals surface area (Å²) in [6, 6.07) is 0.424. The fraction of sp³-hybridized carbons (Fsp3) is 0.600. The van der Waals surface area contributed by atoms with Crippen LogP contribution in [0.15, 0.2) is 12.4 Å². The van der Waals surface area contributed by atoms with E-state index in [1.165, 1.54) is 0 Å². The molecular formula is C20H26ClN7O. The van der Waals surface area contributed by atoms with Crippen molar-refractivity contribution in [2.75, 3.05) is 32.1 Å². The molecule has 2 aromatic rings. The topological polar surface area (TPSA) is 72.5 Å². The lowest BCUT2D eigenvalue weighted by Crippen LogP contribution is -2.32. The number of piperidine rings is 1. The molecule has 1 aliphatic carbocycles. The quantitative estimate of drug-likeness (QED) is 0.725. The molecule has 8 nitrogen and oxygen atoms in total. The van der Waals surface area contributed by atoms with Gasteiger partial charge in [0.05, 0.1) is 30.2 Å². The molecule has 0 bridgehead atoms. The molecule has 3 heterocycles. The van der Waals surface area contributed by atoms with E-state index in [4.69, 9.17) is 22.9 Å². The number of nitrogens with one attached hydrogen (secondary N) is 1. The number of ether oxygens (including phenoxy) is 1. The summed E-state index contributed by atoms with van der Waals surface area (Å²) in [7, 11) is 2.15. The zero-order chi connectivity index (χ0) is 20.4. The molecule has 0 radical (unpaired) electrons. The van der Waals surface area contributed by atoms with Gasteiger partial charge >= 0.3 is 0 Å². The maximum absolute atomic E-state index is 7.10. The van der Waals surface area contributed by atoms with Crippen LogP contribution in [0, 0.1) is 19.4 Å². The lowest BCUT2D eigenvalue weighted by molar-refractivity contribution is 0.157. The molecule has 1 saturated carbocycles. The summed E-state index contributed by atoms with van der Waals surface area (Å²) in [5.41, 5.74) is 1.71. The number of halogens is 1. The van der Waals surface area contributed by atoms with Crippen LogP contribution in [-0.4, -0.2) is 57.4 Å². The highest BCUT2D eigenvalue weighted by atomic mass is 35.5. The van der Waals surface area contributed by atoms with Crippen molar-refractivity contribution in [1.29, 1.82) is 0 Å². The Labute approximate surface area is 176 Å². The van der Waals surface area contributed by atoms with Crippen molar-refractivity contribution in [3.8, 4) is 5.88 Å². The number of anilines is 2. The van der Waals surface area contributed by atoms with E-state index in [9.17, 15) is 0 Å². The Morgan fingerprint density at radius 1 is 1.34 bits per heavy atom. The largest absolute Gasteiger partial charge is 0.476 e. The van der Waals surface area contributed by atoms with E-state index >= 15 is 0 Å². The van der Waals surface area contributed by atoms with Crippen molar-refractivity contribution in [3.05, 3.63) is 34.5 Å². The smallest absolute Gasteiger partial charge is 0.237 e. The Kier molecular flexibility index (Phi) is 5.88. The van der Waals surface area contributed by atoms with E-state index in [0.29, 0.717) is 35.4 Å². The van der Waals surface area contributed by atoms with Crippen molar-refractivity contribution in [2.24, 2.45) is 5.92 Å². The molecule has 2 fully saturated rings. The molecule has 0 amide bonds. The number of likely N-dealkylation sites (tertiary alicyclic amines) is 1. The SMILES string of the molecule is [C-]#[N+]C1CC(n2cc(Nc3ncc(Cl)c(OCC4CCN(C)CC4)n3)c(C)n2)C1. The highest BCUT2D eigenvalue weighted by molar-refractivity contribution is 6.31. The van der Waals surface area contributed by atoms with E-state index in [-0.39, 0.29) is 6.04 Å². The highest BCUT2D eigenvalue weighted by Crippen LogP contribution is 2.35. The van der Waals surface area contributed by atoms with Crippen LogP contribution in [0.2, 0.25) is 5.02 Å². The lowest BCUT2D eigenvalue weighted by atomic mass is 9.88. The minimum atomic E-state index is 0.129. The van der Waals surface area contributed by atoms with E-state index in [1.54, 1.807) is 6.20 Å². The zero-order valence-electron chi connectivity index (χ0n) is 16.8. The molecule has 4 rings (SSSR count). The first kappa shape index (κ1) is 19.9. The first-order valence-electron chi connectivity index (χ1n) is 10.0. The number of aryl methyl sites for hydroxylation is 1. The molecule has 9 heteroatoms. The second kappa shape index (κ2) is 8.56. The predicted octanol–water partition coefficient (Wildman–Crippen LogP) is 3.72. The van der Waals surface area contributed by atoms with Gasteiger partial charge in [-0.25, -0.2) is 11.6 Å². The summed E-state index contributed by atoms with van der Waals surface area (Å²) in [6.45, 7) is 11.8. The number of nitrogens with zero attached hydrogens (tertiary/aromatic N) is 6. The lowest BCUT2D eigenvalue weighted by Gasteiger charge is -2.28. The van der Waals surface area contributed by atoms with Gasteiger partial charge in [-0.2, -0.15) is 10.1 Å². The molecule has 154 valence electrons. The van der Waals surface area contributed by atoms with Gasteiger partial charge in [0.25, 0.3) is 0 Å². The summed E-state index contributed by atoms with van der Waals surface area (Å²) >= 11 is 6.24. The van der Waals surface area contributed by atoms with Crippen molar-refractivity contribution in [2.45, 2.75) is 44.7 Å². The molecular weight excluding hydrogens is 390 g/mol. The van der Waals surface area contributed by atoms with Crippen LogP contribution < -0.4 is 10.1 Å². The van der Waals surface area contributed by atoms with Gasteiger partial charge in [-0.3, -0.25) is 4.68 Å². The molecule has 29 heavy (non-hydrogen) atoms. The Morgan fingerprint density at radius 2 is 2.10 bits per heavy atom. The first-order valence-corrected chi connectivity index (χ1v) is 10.4. The molecule has 1 N–H and O–H groups in total. The van der Waals surface area contributed by atoms with Crippen LogP contribution in [0.5, 0.6) is 5.88 Å². The summed E-state index contributed by atoms with van der Waals surface area (Å²) in [6.07, 6.45) is 7.48. The third-order valence-corrected chi connectivity index (χ3v) is 6.07. The minimum absolute atomic E-state index is 0.129. The average Bonchev–Trinajstić information content (AvgIpc) is 3.02. The summed E-state index contributed by atoms with van der Waals surface area (Å²) < 4.78 is 7.86. The van der Waals surface area contributed by atoms with Crippen molar-refractivity contribution in [1.82, 2.24) is 24.6 Å². The monoisotopic (exact) mass is 415 g/mol. The number of hydrogen-bond donors (Lipinski definition) is 1. The average molecular weight is 416 g/mol. The van der Waals surface area contributed by atoms with Crippen LogP contribution in [0.1, 0.15) is 37.4 Å². The maximum Gasteiger partial charge on any atom is 0.237 e. The summed E-state index contributed by atoms with van der Waals surface area (Å²) in [4.78, 5) is 14.7. The minimum Gasteiger partial charge on any atom is -0.476 e. The zero-order valence-corrected chi connectivity index (χ0v) is 17.6.